The fourth-order valence-corrected chi connectivity index (χ4v) is 2.82. The summed E-state index contributed by atoms with van der Waals surface area (Å²) in [5.41, 5.74) is 4.32. The molecule has 6 nitrogen and oxygen atoms in total. The zero-order chi connectivity index (χ0) is 19.2. The van der Waals surface area contributed by atoms with Gasteiger partial charge in [-0.2, -0.15) is 0 Å². The van der Waals surface area contributed by atoms with E-state index in [0.717, 1.165) is 27.8 Å². The number of amides is 1. The Bertz CT molecular complexity index is 957. The first-order chi connectivity index (χ1) is 13.1. The van der Waals surface area contributed by atoms with E-state index in [2.05, 4.69) is 21.7 Å². The molecule has 1 aromatic heterocycles. The molecule has 1 amide bonds. The van der Waals surface area contributed by atoms with E-state index >= 15 is 0 Å². The summed E-state index contributed by atoms with van der Waals surface area (Å²) in [6, 6.07) is 13.4. The molecule has 0 saturated carbocycles. The van der Waals surface area contributed by atoms with Gasteiger partial charge in [0.25, 0.3) is 5.91 Å². The largest absolute Gasteiger partial charge is 0.495 e. The monoisotopic (exact) mass is 365 g/mol. The average Bonchev–Trinajstić information content (AvgIpc) is 2.68. The zero-order valence-electron chi connectivity index (χ0n) is 15.7. The van der Waals surface area contributed by atoms with Gasteiger partial charge in [0, 0.05) is 36.5 Å². The lowest BCUT2D eigenvalue weighted by molar-refractivity contribution is 0.0937. The maximum atomic E-state index is 12.2. The number of ether oxygens (including phenoxy) is 2. The topological polar surface area (TPSA) is 72.5 Å². The standard InChI is InChI=1S/C21H23N3O3/c1-14-4-6-16-17(8-9-22-19(16)12-14)24-18-7-5-15(13-20(18)27-3)21(25)23-10-11-26-2/h4-9,12-13H,10-11H2,1-3H3,(H,22,24)(H,23,25). The average molecular weight is 365 g/mol. The normalized spacial score (nSPS) is 10.6. The highest BCUT2D eigenvalue weighted by Gasteiger charge is 2.11. The van der Waals surface area contributed by atoms with Gasteiger partial charge in [0.15, 0.2) is 0 Å². The molecule has 2 aromatic carbocycles. The lowest BCUT2D eigenvalue weighted by atomic mass is 10.1. The molecule has 0 fully saturated rings. The third-order valence-corrected chi connectivity index (χ3v) is 4.22. The summed E-state index contributed by atoms with van der Waals surface area (Å²) in [6.45, 7) is 2.97. The van der Waals surface area contributed by atoms with Gasteiger partial charge in [0.05, 0.1) is 24.9 Å². The molecular formula is C21H23N3O3. The van der Waals surface area contributed by atoms with Crippen molar-refractivity contribution in [3.63, 3.8) is 0 Å². The van der Waals surface area contributed by atoms with Crippen molar-refractivity contribution in [2.45, 2.75) is 6.92 Å². The number of carbonyl (C=O) groups excluding carboxylic acids is 1. The molecule has 1 heterocycles. The first-order valence-electron chi connectivity index (χ1n) is 8.70. The summed E-state index contributed by atoms with van der Waals surface area (Å²) in [5.74, 6) is 0.424. The minimum absolute atomic E-state index is 0.165. The first kappa shape index (κ1) is 18.7. The number of pyridine rings is 1. The second-order valence-electron chi connectivity index (χ2n) is 6.17. The number of carbonyl (C=O) groups is 1. The summed E-state index contributed by atoms with van der Waals surface area (Å²) in [7, 11) is 3.18. The summed E-state index contributed by atoms with van der Waals surface area (Å²) < 4.78 is 10.4. The zero-order valence-corrected chi connectivity index (χ0v) is 15.7. The molecule has 0 aliphatic carbocycles. The number of methoxy groups -OCH3 is 2. The van der Waals surface area contributed by atoms with E-state index in [0.29, 0.717) is 24.5 Å². The van der Waals surface area contributed by atoms with E-state index in [1.165, 1.54) is 0 Å². The minimum atomic E-state index is -0.165. The van der Waals surface area contributed by atoms with Crippen molar-refractivity contribution in [1.82, 2.24) is 10.3 Å². The Kier molecular flexibility index (Phi) is 5.88. The van der Waals surface area contributed by atoms with Crippen LogP contribution in [0.5, 0.6) is 5.75 Å². The number of hydrogen-bond donors (Lipinski definition) is 2. The number of aryl methyl sites for hydroxylation is 1. The van der Waals surface area contributed by atoms with Crippen LogP contribution >= 0.6 is 0 Å². The van der Waals surface area contributed by atoms with Crippen LogP contribution in [0.1, 0.15) is 15.9 Å². The lowest BCUT2D eigenvalue weighted by Crippen LogP contribution is -2.26. The quantitative estimate of drug-likeness (QED) is 0.625. The third kappa shape index (κ3) is 4.35. The maximum absolute atomic E-state index is 12.2. The van der Waals surface area contributed by atoms with Gasteiger partial charge in [-0.15, -0.1) is 0 Å². The van der Waals surface area contributed by atoms with E-state index in [4.69, 9.17) is 9.47 Å². The highest BCUT2D eigenvalue weighted by Crippen LogP contribution is 2.31. The van der Waals surface area contributed by atoms with Crippen LogP contribution in [-0.2, 0) is 4.74 Å². The molecule has 6 heteroatoms. The molecule has 2 N–H and O–H groups in total. The maximum Gasteiger partial charge on any atom is 0.251 e. The summed E-state index contributed by atoms with van der Waals surface area (Å²) >= 11 is 0. The molecule has 0 bridgehead atoms. The van der Waals surface area contributed by atoms with Crippen molar-refractivity contribution in [1.29, 1.82) is 0 Å². The van der Waals surface area contributed by atoms with Gasteiger partial charge >= 0.3 is 0 Å². The van der Waals surface area contributed by atoms with Crippen LogP contribution in [0.25, 0.3) is 10.9 Å². The third-order valence-electron chi connectivity index (χ3n) is 4.22. The second kappa shape index (κ2) is 8.51. The van der Waals surface area contributed by atoms with Gasteiger partial charge in [-0.05, 0) is 42.8 Å². The molecular weight excluding hydrogens is 342 g/mol. The van der Waals surface area contributed by atoms with Gasteiger partial charge in [0.2, 0.25) is 0 Å². The Morgan fingerprint density at radius 1 is 1.07 bits per heavy atom. The SMILES string of the molecule is COCCNC(=O)c1ccc(Nc2ccnc3cc(C)ccc23)c(OC)c1. The Labute approximate surface area is 158 Å². The van der Waals surface area contributed by atoms with E-state index in [9.17, 15) is 4.79 Å². The lowest BCUT2D eigenvalue weighted by Gasteiger charge is -2.14. The van der Waals surface area contributed by atoms with E-state index < -0.39 is 0 Å². The van der Waals surface area contributed by atoms with Crippen LogP contribution in [-0.4, -0.2) is 38.3 Å². The van der Waals surface area contributed by atoms with Crippen molar-refractivity contribution in [3.8, 4) is 5.75 Å². The number of rotatable bonds is 7. The van der Waals surface area contributed by atoms with E-state index in [1.807, 2.05) is 31.2 Å². The van der Waals surface area contributed by atoms with Crippen LogP contribution in [0.4, 0.5) is 11.4 Å². The molecule has 140 valence electrons. The predicted molar refractivity (Wildman–Crippen MR) is 107 cm³/mol. The smallest absolute Gasteiger partial charge is 0.251 e. The summed E-state index contributed by atoms with van der Waals surface area (Å²) in [6.07, 6.45) is 1.77. The summed E-state index contributed by atoms with van der Waals surface area (Å²) in [5, 5.41) is 7.21. The number of nitrogens with zero attached hydrogens (tertiary/aromatic N) is 1. The van der Waals surface area contributed by atoms with Crippen molar-refractivity contribution < 1.29 is 14.3 Å². The van der Waals surface area contributed by atoms with Gasteiger partial charge in [-0.3, -0.25) is 9.78 Å². The van der Waals surface area contributed by atoms with Crippen LogP contribution in [0.3, 0.4) is 0 Å². The van der Waals surface area contributed by atoms with E-state index in [1.54, 1.807) is 32.5 Å². The fourth-order valence-electron chi connectivity index (χ4n) is 2.82. The Hall–Kier alpha value is -3.12. The van der Waals surface area contributed by atoms with Crippen molar-refractivity contribution in [2.75, 3.05) is 32.7 Å². The molecule has 0 aliphatic rings. The van der Waals surface area contributed by atoms with Gasteiger partial charge in [0.1, 0.15) is 5.75 Å². The number of fused-ring (bicyclic) bond motifs is 1. The second-order valence-corrected chi connectivity index (χ2v) is 6.17. The molecule has 0 aliphatic heterocycles. The molecule has 0 unspecified atom stereocenters. The van der Waals surface area contributed by atoms with Crippen molar-refractivity contribution in [3.05, 3.63) is 59.8 Å². The van der Waals surface area contributed by atoms with Crippen LogP contribution < -0.4 is 15.4 Å². The first-order valence-corrected chi connectivity index (χ1v) is 8.70. The van der Waals surface area contributed by atoms with Gasteiger partial charge < -0.3 is 20.1 Å². The Balaban J connectivity index is 1.86. The molecule has 0 radical (unpaired) electrons. The highest BCUT2D eigenvalue weighted by molar-refractivity contribution is 5.96. The van der Waals surface area contributed by atoms with Crippen LogP contribution in [0.2, 0.25) is 0 Å². The van der Waals surface area contributed by atoms with Crippen molar-refractivity contribution in [2.24, 2.45) is 0 Å². The number of nitrogens with one attached hydrogen (secondary N) is 2. The fraction of sp³-hybridized carbons (Fsp3) is 0.238. The van der Waals surface area contributed by atoms with Crippen molar-refractivity contribution >= 4 is 28.2 Å². The molecule has 0 saturated heterocycles. The number of hydrogen-bond acceptors (Lipinski definition) is 5. The predicted octanol–water partition coefficient (Wildman–Crippen LogP) is 3.67. The van der Waals surface area contributed by atoms with Crippen LogP contribution in [0.15, 0.2) is 48.7 Å². The number of benzene rings is 2. The molecule has 3 aromatic rings. The van der Waals surface area contributed by atoms with Gasteiger partial charge in [-0.1, -0.05) is 12.1 Å². The number of anilines is 2. The Morgan fingerprint density at radius 3 is 2.70 bits per heavy atom. The van der Waals surface area contributed by atoms with Crippen LogP contribution in [0, 0.1) is 6.92 Å². The van der Waals surface area contributed by atoms with E-state index in [-0.39, 0.29) is 5.91 Å². The Morgan fingerprint density at radius 2 is 1.93 bits per heavy atom. The minimum Gasteiger partial charge on any atom is -0.495 e. The molecule has 0 atom stereocenters. The molecule has 0 spiro atoms. The molecule has 3 rings (SSSR count). The summed E-state index contributed by atoms with van der Waals surface area (Å²) in [4.78, 5) is 16.6. The molecule has 27 heavy (non-hydrogen) atoms. The highest BCUT2D eigenvalue weighted by atomic mass is 16.5. The number of aromatic nitrogens is 1. The van der Waals surface area contributed by atoms with Gasteiger partial charge in [-0.25, -0.2) is 0 Å².